The van der Waals surface area contributed by atoms with Crippen molar-refractivity contribution in [3.05, 3.63) is 22.6 Å². The lowest BCUT2D eigenvalue weighted by molar-refractivity contribution is 0.174. The highest BCUT2D eigenvalue weighted by molar-refractivity contribution is 6.35. The van der Waals surface area contributed by atoms with E-state index in [-0.39, 0.29) is 12.1 Å². The Balaban J connectivity index is 2.38. The van der Waals surface area contributed by atoms with Gasteiger partial charge in [-0.1, -0.05) is 11.6 Å². The fourth-order valence-corrected chi connectivity index (χ4v) is 1.90. The second-order valence-corrected chi connectivity index (χ2v) is 3.70. The normalized spacial score (nSPS) is 13.5. The van der Waals surface area contributed by atoms with Crippen molar-refractivity contribution in [1.82, 2.24) is 9.97 Å². The first kappa shape index (κ1) is 9.00. The van der Waals surface area contributed by atoms with E-state index in [4.69, 9.17) is 32.7 Å². The van der Waals surface area contributed by atoms with E-state index >= 15 is 0 Å². The van der Waals surface area contributed by atoms with Crippen molar-refractivity contribution < 1.29 is 9.47 Å². The quantitative estimate of drug-likeness (QED) is 0.527. The van der Waals surface area contributed by atoms with Crippen LogP contribution < -0.4 is 9.47 Å². The summed E-state index contributed by atoms with van der Waals surface area (Å²) in [5.74, 6) is 1.30. The lowest BCUT2D eigenvalue weighted by Gasteiger charge is -2.01. The minimum atomic E-state index is 0.117. The molecule has 1 aliphatic heterocycles. The van der Waals surface area contributed by atoms with E-state index in [1.54, 1.807) is 12.1 Å². The van der Waals surface area contributed by atoms with Crippen LogP contribution in [0.5, 0.6) is 11.5 Å². The zero-order chi connectivity index (χ0) is 10.4. The molecule has 0 bridgehead atoms. The van der Waals surface area contributed by atoms with E-state index in [1.807, 2.05) is 0 Å². The predicted molar refractivity (Wildman–Crippen MR) is 55.7 cm³/mol. The van der Waals surface area contributed by atoms with Gasteiger partial charge in [-0.3, -0.25) is 0 Å². The van der Waals surface area contributed by atoms with Crippen LogP contribution in [0.3, 0.4) is 0 Å². The summed E-state index contributed by atoms with van der Waals surface area (Å²) >= 11 is 11.6. The molecule has 2 heterocycles. The van der Waals surface area contributed by atoms with E-state index in [2.05, 4.69) is 9.97 Å². The van der Waals surface area contributed by atoms with E-state index in [9.17, 15) is 0 Å². The lowest BCUT2D eigenvalue weighted by Crippen LogP contribution is -1.92. The van der Waals surface area contributed by atoms with E-state index < -0.39 is 0 Å². The molecule has 0 radical (unpaired) electrons. The van der Waals surface area contributed by atoms with Crippen LogP contribution in [0, 0.1) is 0 Å². The van der Waals surface area contributed by atoms with Crippen molar-refractivity contribution in [3.63, 3.8) is 0 Å². The largest absolute Gasteiger partial charge is 0.454 e. The van der Waals surface area contributed by atoms with E-state index in [0.29, 0.717) is 27.6 Å². The molecule has 0 saturated carbocycles. The van der Waals surface area contributed by atoms with Crippen LogP contribution in [0.4, 0.5) is 0 Å². The highest BCUT2D eigenvalue weighted by Gasteiger charge is 2.16. The highest BCUT2D eigenvalue weighted by atomic mass is 35.5. The van der Waals surface area contributed by atoms with Gasteiger partial charge in [-0.2, -0.15) is 0 Å². The predicted octanol–water partition coefficient (Wildman–Crippen LogP) is 2.67. The van der Waals surface area contributed by atoms with Crippen molar-refractivity contribution >= 4 is 34.1 Å². The van der Waals surface area contributed by atoms with E-state index in [1.165, 1.54) is 0 Å². The topological polar surface area (TPSA) is 44.2 Å². The third-order valence-electron chi connectivity index (χ3n) is 2.12. The molecule has 2 aromatic rings. The molecule has 0 amide bonds. The van der Waals surface area contributed by atoms with Gasteiger partial charge in [0.2, 0.25) is 12.1 Å². The van der Waals surface area contributed by atoms with Crippen LogP contribution in [0.15, 0.2) is 12.1 Å². The molecule has 0 fully saturated rings. The number of nitrogens with zero attached hydrogens (tertiary/aromatic N) is 2. The first-order valence-electron chi connectivity index (χ1n) is 4.16. The van der Waals surface area contributed by atoms with Crippen molar-refractivity contribution in [1.29, 1.82) is 0 Å². The molecule has 6 heteroatoms. The summed E-state index contributed by atoms with van der Waals surface area (Å²) in [5, 5.41) is 1.12. The minimum Gasteiger partial charge on any atom is -0.454 e. The third kappa shape index (κ3) is 1.37. The van der Waals surface area contributed by atoms with Crippen LogP contribution in [-0.2, 0) is 0 Å². The van der Waals surface area contributed by atoms with Gasteiger partial charge >= 0.3 is 0 Å². The average Bonchev–Trinajstić information content (AvgIpc) is 2.61. The molecule has 0 saturated heterocycles. The molecule has 0 atom stereocenters. The van der Waals surface area contributed by atoms with Gasteiger partial charge in [0.05, 0.1) is 5.52 Å². The molecule has 0 aliphatic carbocycles. The molecular weight excluding hydrogens is 239 g/mol. The Kier molecular flexibility index (Phi) is 1.87. The van der Waals surface area contributed by atoms with Crippen LogP contribution in [0.2, 0.25) is 10.4 Å². The van der Waals surface area contributed by atoms with Crippen LogP contribution >= 0.6 is 23.2 Å². The Labute approximate surface area is 94.7 Å². The van der Waals surface area contributed by atoms with Crippen molar-refractivity contribution in [3.8, 4) is 11.5 Å². The van der Waals surface area contributed by atoms with Gasteiger partial charge in [0, 0.05) is 11.5 Å². The maximum Gasteiger partial charge on any atom is 0.231 e. The number of hydrogen-bond acceptors (Lipinski definition) is 4. The van der Waals surface area contributed by atoms with Crippen molar-refractivity contribution in [2.24, 2.45) is 0 Å². The SMILES string of the molecule is Clc1nc(Cl)c2cc3c(cc2n1)OCO3. The molecule has 0 N–H and O–H groups in total. The summed E-state index contributed by atoms with van der Waals surface area (Å²) in [7, 11) is 0. The Bertz CT molecular complexity index is 559. The van der Waals surface area contributed by atoms with Crippen LogP contribution in [-0.4, -0.2) is 16.8 Å². The average molecular weight is 243 g/mol. The molecule has 1 aromatic carbocycles. The first-order valence-corrected chi connectivity index (χ1v) is 4.92. The Morgan fingerprint density at radius 3 is 2.60 bits per heavy atom. The van der Waals surface area contributed by atoms with Crippen LogP contribution in [0.25, 0.3) is 10.9 Å². The second kappa shape index (κ2) is 3.12. The fourth-order valence-electron chi connectivity index (χ4n) is 1.45. The Morgan fingerprint density at radius 1 is 1.07 bits per heavy atom. The minimum absolute atomic E-state index is 0.117. The van der Waals surface area contributed by atoms with Gasteiger partial charge < -0.3 is 9.47 Å². The number of fused-ring (bicyclic) bond motifs is 2. The first-order chi connectivity index (χ1) is 7.24. The summed E-state index contributed by atoms with van der Waals surface area (Å²) in [6.45, 7) is 0.213. The number of ether oxygens (including phenoxy) is 2. The van der Waals surface area contributed by atoms with Crippen molar-refractivity contribution in [2.75, 3.05) is 6.79 Å². The summed E-state index contributed by atoms with van der Waals surface area (Å²) in [6, 6.07) is 3.48. The summed E-state index contributed by atoms with van der Waals surface area (Å²) in [4.78, 5) is 7.90. The monoisotopic (exact) mass is 242 g/mol. The van der Waals surface area contributed by atoms with Gasteiger partial charge in [0.1, 0.15) is 5.15 Å². The summed E-state index contributed by atoms with van der Waals surface area (Å²) < 4.78 is 10.4. The molecule has 3 rings (SSSR count). The standard InChI is InChI=1S/C9H4Cl2N2O2/c10-8-4-1-6-7(15-3-14-6)2-5(4)12-9(11)13-8/h1-2H,3H2. The zero-order valence-corrected chi connectivity index (χ0v) is 8.84. The number of halogens is 2. The molecule has 0 spiro atoms. The van der Waals surface area contributed by atoms with Gasteiger partial charge in [-0.15, -0.1) is 0 Å². The second-order valence-electron chi connectivity index (χ2n) is 3.01. The maximum atomic E-state index is 5.93. The number of rotatable bonds is 0. The highest BCUT2D eigenvalue weighted by Crippen LogP contribution is 2.37. The fraction of sp³-hybridized carbons (Fsp3) is 0.111. The Morgan fingerprint density at radius 2 is 1.80 bits per heavy atom. The van der Waals surface area contributed by atoms with Crippen LogP contribution in [0.1, 0.15) is 0 Å². The lowest BCUT2D eigenvalue weighted by atomic mass is 10.2. The molecular formula is C9H4Cl2N2O2. The van der Waals surface area contributed by atoms with Crippen molar-refractivity contribution in [2.45, 2.75) is 0 Å². The maximum absolute atomic E-state index is 5.93. The van der Waals surface area contributed by atoms with Gasteiger partial charge in [-0.25, -0.2) is 9.97 Å². The van der Waals surface area contributed by atoms with Gasteiger partial charge in [-0.05, 0) is 17.7 Å². The smallest absolute Gasteiger partial charge is 0.231 e. The molecule has 15 heavy (non-hydrogen) atoms. The molecule has 4 nitrogen and oxygen atoms in total. The van der Waals surface area contributed by atoms with Gasteiger partial charge in [0.15, 0.2) is 11.5 Å². The molecule has 76 valence electrons. The number of aromatic nitrogens is 2. The Hall–Kier alpha value is -1.26. The molecule has 0 unspecified atom stereocenters. The zero-order valence-electron chi connectivity index (χ0n) is 7.33. The molecule has 1 aromatic heterocycles. The van der Waals surface area contributed by atoms with E-state index in [0.717, 1.165) is 0 Å². The van der Waals surface area contributed by atoms with Gasteiger partial charge in [0.25, 0.3) is 0 Å². The third-order valence-corrected chi connectivity index (χ3v) is 2.57. The molecule has 1 aliphatic rings. The summed E-state index contributed by atoms with van der Waals surface area (Å²) in [5.41, 5.74) is 0.643. The summed E-state index contributed by atoms with van der Waals surface area (Å²) in [6.07, 6.45) is 0. The number of benzene rings is 1. The number of hydrogen-bond donors (Lipinski definition) is 0.